The SMILES string of the molecule is COC(C)C(C)Nc1c(Cl)cc(Cl)cc1Cl. The summed E-state index contributed by atoms with van der Waals surface area (Å²) in [6, 6.07) is 3.41. The third kappa shape index (κ3) is 3.42. The van der Waals surface area contributed by atoms with Gasteiger partial charge in [-0.3, -0.25) is 0 Å². The number of methoxy groups -OCH3 is 1. The van der Waals surface area contributed by atoms with Crippen LogP contribution in [-0.4, -0.2) is 19.3 Å². The Kier molecular flexibility index (Phi) is 5.19. The molecule has 0 aliphatic carbocycles. The van der Waals surface area contributed by atoms with Crippen molar-refractivity contribution in [3.63, 3.8) is 0 Å². The van der Waals surface area contributed by atoms with Crippen LogP contribution in [0.15, 0.2) is 12.1 Å². The van der Waals surface area contributed by atoms with Crippen LogP contribution in [0.4, 0.5) is 5.69 Å². The standard InChI is InChI=1S/C11H14Cl3NO/c1-6(7(2)16-3)15-11-9(13)4-8(12)5-10(11)14/h4-7,15H,1-3H3. The molecule has 2 nitrogen and oxygen atoms in total. The average Bonchev–Trinajstić information content (AvgIpc) is 2.21. The summed E-state index contributed by atoms with van der Waals surface area (Å²) in [5.74, 6) is 0. The van der Waals surface area contributed by atoms with Gasteiger partial charge in [0.05, 0.1) is 21.8 Å². The Bertz CT molecular complexity index is 347. The topological polar surface area (TPSA) is 21.3 Å². The van der Waals surface area contributed by atoms with Gasteiger partial charge in [0, 0.05) is 18.2 Å². The number of rotatable bonds is 4. The van der Waals surface area contributed by atoms with Crippen LogP contribution in [-0.2, 0) is 4.74 Å². The van der Waals surface area contributed by atoms with Crippen molar-refractivity contribution in [1.29, 1.82) is 0 Å². The van der Waals surface area contributed by atoms with E-state index in [0.29, 0.717) is 20.8 Å². The molecule has 2 atom stereocenters. The molecule has 1 aromatic carbocycles. The van der Waals surface area contributed by atoms with Crippen LogP contribution >= 0.6 is 34.8 Å². The molecule has 0 heterocycles. The summed E-state index contributed by atoms with van der Waals surface area (Å²) >= 11 is 17.9. The first-order valence-corrected chi connectivity index (χ1v) is 6.03. The maximum atomic E-state index is 6.05. The van der Waals surface area contributed by atoms with Gasteiger partial charge in [-0.1, -0.05) is 34.8 Å². The molecule has 90 valence electrons. The zero-order chi connectivity index (χ0) is 12.3. The number of hydrogen-bond acceptors (Lipinski definition) is 2. The highest BCUT2D eigenvalue weighted by Gasteiger charge is 2.15. The zero-order valence-electron chi connectivity index (χ0n) is 9.35. The monoisotopic (exact) mass is 281 g/mol. The molecule has 0 fully saturated rings. The average molecular weight is 283 g/mol. The molecule has 0 radical (unpaired) electrons. The Hall–Kier alpha value is -0.150. The van der Waals surface area contributed by atoms with E-state index >= 15 is 0 Å². The van der Waals surface area contributed by atoms with E-state index in [1.54, 1.807) is 19.2 Å². The minimum Gasteiger partial charge on any atom is -0.380 e. The minimum atomic E-state index is 0.0582. The molecule has 2 unspecified atom stereocenters. The van der Waals surface area contributed by atoms with Gasteiger partial charge in [0.2, 0.25) is 0 Å². The fraction of sp³-hybridized carbons (Fsp3) is 0.455. The van der Waals surface area contributed by atoms with Crippen LogP contribution in [0.1, 0.15) is 13.8 Å². The molecule has 0 aromatic heterocycles. The van der Waals surface area contributed by atoms with Crippen molar-refractivity contribution in [2.75, 3.05) is 12.4 Å². The van der Waals surface area contributed by atoms with E-state index in [0.717, 1.165) is 0 Å². The maximum absolute atomic E-state index is 6.05. The lowest BCUT2D eigenvalue weighted by atomic mass is 10.2. The van der Waals surface area contributed by atoms with Gasteiger partial charge in [-0.15, -0.1) is 0 Å². The maximum Gasteiger partial charge on any atom is 0.0741 e. The second-order valence-corrected chi connectivity index (χ2v) is 4.87. The van der Waals surface area contributed by atoms with E-state index in [2.05, 4.69) is 5.32 Å². The molecule has 0 aliphatic heterocycles. The Morgan fingerprint density at radius 1 is 1.12 bits per heavy atom. The van der Waals surface area contributed by atoms with Crippen LogP contribution in [0.2, 0.25) is 15.1 Å². The summed E-state index contributed by atoms with van der Waals surface area (Å²) in [6.45, 7) is 3.96. The predicted octanol–water partition coefficient (Wildman–Crippen LogP) is 4.48. The van der Waals surface area contributed by atoms with Crippen LogP contribution < -0.4 is 5.32 Å². The van der Waals surface area contributed by atoms with Gasteiger partial charge < -0.3 is 10.1 Å². The molecular weight excluding hydrogens is 268 g/mol. The van der Waals surface area contributed by atoms with E-state index < -0.39 is 0 Å². The quantitative estimate of drug-likeness (QED) is 0.879. The highest BCUT2D eigenvalue weighted by Crippen LogP contribution is 2.34. The van der Waals surface area contributed by atoms with Crippen molar-refractivity contribution in [2.45, 2.75) is 26.0 Å². The van der Waals surface area contributed by atoms with Gasteiger partial charge in [-0.2, -0.15) is 0 Å². The molecular formula is C11H14Cl3NO. The number of hydrogen-bond donors (Lipinski definition) is 1. The lowest BCUT2D eigenvalue weighted by molar-refractivity contribution is 0.106. The van der Waals surface area contributed by atoms with E-state index in [4.69, 9.17) is 39.5 Å². The molecule has 16 heavy (non-hydrogen) atoms. The lowest BCUT2D eigenvalue weighted by Gasteiger charge is -2.22. The third-order valence-corrected chi connectivity index (χ3v) is 3.27. The fourth-order valence-corrected chi connectivity index (χ4v) is 2.16. The minimum absolute atomic E-state index is 0.0582. The Morgan fingerprint density at radius 3 is 2.06 bits per heavy atom. The summed E-state index contributed by atoms with van der Waals surface area (Å²) in [7, 11) is 1.66. The molecule has 1 aromatic rings. The molecule has 0 spiro atoms. The number of halogens is 3. The van der Waals surface area contributed by atoms with Crippen molar-refractivity contribution >= 4 is 40.5 Å². The summed E-state index contributed by atoms with van der Waals surface area (Å²) in [4.78, 5) is 0. The summed E-state index contributed by atoms with van der Waals surface area (Å²) in [5.41, 5.74) is 0.684. The Morgan fingerprint density at radius 2 is 1.62 bits per heavy atom. The number of ether oxygens (including phenoxy) is 1. The van der Waals surface area contributed by atoms with Crippen molar-refractivity contribution in [1.82, 2.24) is 0 Å². The van der Waals surface area contributed by atoms with Crippen LogP contribution in [0.3, 0.4) is 0 Å². The fourth-order valence-electron chi connectivity index (χ4n) is 1.23. The Balaban J connectivity index is 2.89. The summed E-state index contributed by atoms with van der Waals surface area (Å²) in [5, 5.41) is 4.74. The van der Waals surface area contributed by atoms with Crippen LogP contribution in [0.5, 0.6) is 0 Å². The number of nitrogens with one attached hydrogen (secondary N) is 1. The van der Waals surface area contributed by atoms with Gasteiger partial charge in [-0.25, -0.2) is 0 Å². The van der Waals surface area contributed by atoms with Crippen molar-refractivity contribution < 1.29 is 4.74 Å². The molecule has 1 rings (SSSR count). The predicted molar refractivity (Wildman–Crippen MR) is 71.0 cm³/mol. The summed E-state index contributed by atoms with van der Waals surface area (Å²) < 4.78 is 5.21. The van der Waals surface area contributed by atoms with Gasteiger partial charge in [0.1, 0.15) is 0 Å². The van der Waals surface area contributed by atoms with E-state index in [1.807, 2.05) is 13.8 Å². The van der Waals surface area contributed by atoms with Crippen molar-refractivity contribution in [2.24, 2.45) is 0 Å². The largest absolute Gasteiger partial charge is 0.380 e. The first-order chi connectivity index (χ1) is 7.45. The van der Waals surface area contributed by atoms with Gasteiger partial charge in [0.25, 0.3) is 0 Å². The number of anilines is 1. The zero-order valence-corrected chi connectivity index (χ0v) is 11.6. The smallest absolute Gasteiger partial charge is 0.0741 e. The second kappa shape index (κ2) is 5.97. The second-order valence-electron chi connectivity index (χ2n) is 3.62. The highest BCUT2D eigenvalue weighted by atomic mass is 35.5. The van der Waals surface area contributed by atoms with Crippen molar-refractivity contribution in [3.8, 4) is 0 Å². The van der Waals surface area contributed by atoms with Crippen molar-refractivity contribution in [3.05, 3.63) is 27.2 Å². The third-order valence-electron chi connectivity index (χ3n) is 2.45. The van der Waals surface area contributed by atoms with E-state index in [1.165, 1.54) is 0 Å². The summed E-state index contributed by atoms with van der Waals surface area (Å²) in [6.07, 6.45) is 0.0582. The normalized spacial score (nSPS) is 14.6. The first-order valence-electron chi connectivity index (χ1n) is 4.89. The van der Waals surface area contributed by atoms with Gasteiger partial charge in [-0.05, 0) is 26.0 Å². The molecule has 5 heteroatoms. The molecule has 0 amide bonds. The highest BCUT2D eigenvalue weighted by molar-refractivity contribution is 6.41. The molecule has 0 bridgehead atoms. The van der Waals surface area contributed by atoms with E-state index in [9.17, 15) is 0 Å². The Labute approximate surface area is 111 Å². The molecule has 0 aliphatic rings. The van der Waals surface area contributed by atoms with Gasteiger partial charge in [0.15, 0.2) is 0 Å². The molecule has 0 saturated carbocycles. The van der Waals surface area contributed by atoms with Crippen LogP contribution in [0.25, 0.3) is 0 Å². The molecule has 1 N–H and O–H groups in total. The van der Waals surface area contributed by atoms with Crippen LogP contribution in [0, 0.1) is 0 Å². The molecule has 0 saturated heterocycles. The lowest BCUT2D eigenvalue weighted by Crippen LogP contribution is -2.29. The van der Waals surface area contributed by atoms with Gasteiger partial charge >= 0.3 is 0 Å². The first kappa shape index (κ1) is 13.9. The number of benzene rings is 1. The van der Waals surface area contributed by atoms with E-state index in [-0.39, 0.29) is 12.1 Å².